The highest BCUT2D eigenvalue weighted by Gasteiger charge is 2.08. The van der Waals surface area contributed by atoms with Crippen LogP contribution in [-0.2, 0) is 11.2 Å². The summed E-state index contributed by atoms with van der Waals surface area (Å²) in [6.07, 6.45) is 3.41. The Kier molecular flexibility index (Phi) is 5.92. The number of aromatic amines is 1. The number of aromatic nitrogens is 1. The van der Waals surface area contributed by atoms with E-state index < -0.39 is 0 Å². The van der Waals surface area contributed by atoms with Crippen LogP contribution in [0.15, 0.2) is 48.7 Å². The number of carbonyl (C=O) groups is 1. The number of carbonyl (C=O) groups excluding carboxylic acids is 1. The van der Waals surface area contributed by atoms with E-state index >= 15 is 0 Å². The molecule has 0 saturated carbocycles. The van der Waals surface area contributed by atoms with Gasteiger partial charge in [-0.25, -0.2) is 0 Å². The van der Waals surface area contributed by atoms with Gasteiger partial charge in [-0.1, -0.05) is 24.3 Å². The van der Waals surface area contributed by atoms with Gasteiger partial charge < -0.3 is 20.4 Å². The van der Waals surface area contributed by atoms with E-state index in [1.165, 1.54) is 10.9 Å². The van der Waals surface area contributed by atoms with Gasteiger partial charge in [-0.3, -0.25) is 4.79 Å². The summed E-state index contributed by atoms with van der Waals surface area (Å²) >= 11 is 0. The molecule has 0 atom stereocenters. The molecule has 1 aromatic heterocycles. The zero-order valence-corrected chi connectivity index (χ0v) is 15.3. The number of aryl methyl sites for hydroxylation is 1. The number of H-pyrrole nitrogens is 1. The minimum absolute atomic E-state index is 0.0199. The number of ether oxygens (including phenoxy) is 1. The standard InChI is InChI=1S/C21H25N3O2/c1-15-7-8-20(26-2)19(13-15)24-21(25)10-12-22-11-9-16-14-23-18-6-4-3-5-17(16)18/h3-8,13-14,22-23H,9-12H2,1-2H3,(H,24,25). The largest absolute Gasteiger partial charge is 0.495 e. The van der Waals surface area contributed by atoms with E-state index in [9.17, 15) is 4.79 Å². The summed E-state index contributed by atoms with van der Waals surface area (Å²) in [6.45, 7) is 3.46. The Morgan fingerprint density at radius 2 is 2.00 bits per heavy atom. The molecule has 3 N–H and O–H groups in total. The van der Waals surface area contributed by atoms with Crippen molar-refractivity contribution in [1.82, 2.24) is 10.3 Å². The predicted octanol–water partition coefficient (Wildman–Crippen LogP) is 3.65. The van der Waals surface area contributed by atoms with Gasteiger partial charge in [0, 0.05) is 30.1 Å². The molecule has 2 aromatic carbocycles. The molecular weight excluding hydrogens is 326 g/mol. The van der Waals surface area contributed by atoms with E-state index in [0.29, 0.717) is 18.7 Å². The zero-order chi connectivity index (χ0) is 18.4. The first kappa shape index (κ1) is 18.0. The molecule has 0 aliphatic heterocycles. The Hall–Kier alpha value is -2.79. The van der Waals surface area contributed by atoms with Crippen molar-refractivity contribution in [3.05, 3.63) is 59.8 Å². The molecule has 1 heterocycles. The van der Waals surface area contributed by atoms with Crippen LogP contribution >= 0.6 is 0 Å². The Morgan fingerprint density at radius 3 is 2.85 bits per heavy atom. The number of nitrogens with one attached hydrogen (secondary N) is 3. The Labute approximate surface area is 153 Å². The molecule has 0 fully saturated rings. The maximum absolute atomic E-state index is 12.1. The molecule has 136 valence electrons. The van der Waals surface area contributed by atoms with E-state index in [-0.39, 0.29) is 5.91 Å². The molecule has 5 heteroatoms. The van der Waals surface area contributed by atoms with Crippen LogP contribution in [0.25, 0.3) is 10.9 Å². The van der Waals surface area contributed by atoms with Crippen molar-refractivity contribution < 1.29 is 9.53 Å². The van der Waals surface area contributed by atoms with Crippen molar-refractivity contribution in [1.29, 1.82) is 0 Å². The topological polar surface area (TPSA) is 66.2 Å². The van der Waals surface area contributed by atoms with E-state index in [2.05, 4.69) is 40.0 Å². The highest BCUT2D eigenvalue weighted by Crippen LogP contribution is 2.25. The molecule has 0 bridgehead atoms. The second kappa shape index (κ2) is 8.54. The van der Waals surface area contributed by atoms with Gasteiger partial charge in [0.15, 0.2) is 0 Å². The van der Waals surface area contributed by atoms with Gasteiger partial charge in [0.05, 0.1) is 12.8 Å². The van der Waals surface area contributed by atoms with Gasteiger partial charge in [-0.2, -0.15) is 0 Å². The maximum atomic E-state index is 12.1. The summed E-state index contributed by atoms with van der Waals surface area (Å²) in [5.41, 5.74) is 4.25. The highest BCUT2D eigenvalue weighted by atomic mass is 16.5. The summed E-state index contributed by atoms with van der Waals surface area (Å²) < 4.78 is 5.29. The molecule has 0 aliphatic rings. The van der Waals surface area contributed by atoms with Gasteiger partial charge in [0.25, 0.3) is 0 Å². The lowest BCUT2D eigenvalue weighted by Crippen LogP contribution is -2.23. The molecule has 0 saturated heterocycles. The van der Waals surface area contributed by atoms with Crippen molar-refractivity contribution >= 4 is 22.5 Å². The quantitative estimate of drug-likeness (QED) is 0.543. The number of benzene rings is 2. The first-order valence-corrected chi connectivity index (χ1v) is 8.87. The Balaban J connectivity index is 1.42. The van der Waals surface area contributed by atoms with Gasteiger partial charge in [-0.05, 0) is 49.2 Å². The SMILES string of the molecule is COc1ccc(C)cc1NC(=O)CCNCCc1c[nH]c2ccccc12. The fraction of sp³-hybridized carbons (Fsp3) is 0.286. The van der Waals surface area contributed by atoms with E-state index in [0.717, 1.165) is 29.7 Å². The summed E-state index contributed by atoms with van der Waals surface area (Å²) in [5.74, 6) is 0.657. The van der Waals surface area contributed by atoms with Gasteiger partial charge in [-0.15, -0.1) is 0 Å². The van der Waals surface area contributed by atoms with Crippen molar-refractivity contribution in [2.24, 2.45) is 0 Å². The van der Waals surface area contributed by atoms with Crippen molar-refractivity contribution in [2.45, 2.75) is 19.8 Å². The summed E-state index contributed by atoms with van der Waals surface area (Å²) in [4.78, 5) is 15.4. The van der Waals surface area contributed by atoms with Crippen LogP contribution in [-0.4, -0.2) is 31.1 Å². The van der Waals surface area contributed by atoms with Crippen LogP contribution in [0.4, 0.5) is 5.69 Å². The molecular formula is C21H25N3O2. The van der Waals surface area contributed by atoms with Crippen molar-refractivity contribution in [3.63, 3.8) is 0 Å². The number of rotatable bonds is 8. The molecule has 3 rings (SSSR count). The van der Waals surface area contributed by atoms with E-state index in [4.69, 9.17) is 4.74 Å². The molecule has 5 nitrogen and oxygen atoms in total. The number of hydrogen-bond acceptors (Lipinski definition) is 3. The van der Waals surface area contributed by atoms with Gasteiger partial charge in [0.1, 0.15) is 5.75 Å². The molecule has 26 heavy (non-hydrogen) atoms. The average molecular weight is 351 g/mol. The Morgan fingerprint density at radius 1 is 1.15 bits per heavy atom. The average Bonchev–Trinajstić information content (AvgIpc) is 3.05. The molecule has 0 unspecified atom stereocenters. The van der Waals surface area contributed by atoms with Crippen molar-refractivity contribution in [2.75, 3.05) is 25.5 Å². The predicted molar refractivity (Wildman–Crippen MR) is 106 cm³/mol. The number of anilines is 1. The normalized spacial score (nSPS) is 10.8. The molecule has 0 aliphatic carbocycles. The van der Waals surface area contributed by atoms with Crippen LogP contribution < -0.4 is 15.4 Å². The zero-order valence-electron chi connectivity index (χ0n) is 15.3. The lowest BCUT2D eigenvalue weighted by molar-refractivity contribution is -0.116. The third-order valence-corrected chi connectivity index (χ3v) is 4.40. The van der Waals surface area contributed by atoms with Crippen LogP contribution in [0.1, 0.15) is 17.5 Å². The molecule has 3 aromatic rings. The smallest absolute Gasteiger partial charge is 0.225 e. The molecule has 0 spiro atoms. The lowest BCUT2D eigenvalue weighted by atomic mass is 10.1. The minimum atomic E-state index is -0.0199. The number of para-hydroxylation sites is 1. The second-order valence-corrected chi connectivity index (χ2v) is 6.36. The first-order chi connectivity index (χ1) is 12.7. The highest BCUT2D eigenvalue weighted by molar-refractivity contribution is 5.92. The number of fused-ring (bicyclic) bond motifs is 1. The third kappa shape index (κ3) is 4.43. The maximum Gasteiger partial charge on any atom is 0.225 e. The minimum Gasteiger partial charge on any atom is -0.495 e. The molecule has 1 amide bonds. The van der Waals surface area contributed by atoms with E-state index in [1.807, 2.05) is 31.2 Å². The monoisotopic (exact) mass is 351 g/mol. The van der Waals surface area contributed by atoms with Crippen LogP contribution in [0.3, 0.4) is 0 Å². The number of amides is 1. The number of hydrogen-bond donors (Lipinski definition) is 3. The molecule has 0 radical (unpaired) electrons. The summed E-state index contributed by atoms with van der Waals surface area (Å²) in [5, 5.41) is 7.52. The van der Waals surface area contributed by atoms with Crippen LogP contribution in [0, 0.1) is 6.92 Å². The summed E-state index contributed by atoms with van der Waals surface area (Å²) in [7, 11) is 1.60. The van der Waals surface area contributed by atoms with E-state index in [1.54, 1.807) is 7.11 Å². The fourth-order valence-electron chi connectivity index (χ4n) is 3.02. The van der Waals surface area contributed by atoms with Gasteiger partial charge >= 0.3 is 0 Å². The third-order valence-electron chi connectivity index (χ3n) is 4.40. The second-order valence-electron chi connectivity index (χ2n) is 6.36. The lowest BCUT2D eigenvalue weighted by Gasteiger charge is -2.11. The Bertz CT molecular complexity index is 886. The van der Waals surface area contributed by atoms with Crippen LogP contribution in [0.2, 0.25) is 0 Å². The van der Waals surface area contributed by atoms with Gasteiger partial charge in [0.2, 0.25) is 5.91 Å². The summed E-state index contributed by atoms with van der Waals surface area (Å²) in [6, 6.07) is 14.0. The fourth-order valence-corrected chi connectivity index (χ4v) is 3.02. The van der Waals surface area contributed by atoms with Crippen LogP contribution in [0.5, 0.6) is 5.75 Å². The first-order valence-electron chi connectivity index (χ1n) is 8.87. The van der Waals surface area contributed by atoms with Crippen molar-refractivity contribution in [3.8, 4) is 5.75 Å². The number of methoxy groups -OCH3 is 1.